The second-order valence-electron chi connectivity index (χ2n) is 4.31. The van der Waals surface area contributed by atoms with E-state index in [1.165, 1.54) is 5.56 Å². The minimum absolute atomic E-state index is 0.196. The molecule has 1 heterocycles. The topological polar surface area (TPSA) is 20.3 Å². The number of carbonyl (C=O) groups excluding carboxylic acids is 1. The molecule has 0 N–H and O–H groups in total. The van der Waals surface area contributed by atoms with Crippen LogP contribution in [0.5, 0.6) is 0 Å². The summed E-state index contributed by atoms with van der Waals surface area (Å²) in [4.78, 5) is 13.7. The molecular weight excluding hydrogens is 242 g/mol. The summed E-state index contributed by atoms with van der Waals surface area (Å²) in [5.41, 5.74) is 3.25. The summed E-state index contributed by atoms with van der Waals surface area (Å²) in [6.45, 7) is 2.78. The summed E-state index contributed by atoms with van der Waals surface area (Å²) in [6.07, 6.45) is 0.560. The van der Waals surface area contributed by atoms with Gasteiger partial charge in [0.1, 0.15) is 0 Å². The van der Waals surface area contributed by atoms with Crippen LogP contribution in [0.2, 0.25) is 0 Å². The van der Waals surface area contributed by atoms with E-state index in [2.05, 4.69) is 28.8 Å². The van der Waals surface area contributed by atoms with Crippen LogP contribution in [-0.2, 0) is 6.54 Å². The third-order valence-electron chi connectivity index (χ3n) is 2.95. The van der Waals surface area contributed by atoms with E-state index in [0.717, 1.165) is 17.8 Å². The zero-order chi connectivity index (χ0) is 13.0. The lowest BCUT2D eigenvalue weighted by Crippen LogP contribution is -2.15. The molecule has 94 valence electrons. The molecule has 0 spiro atoms. The van der Waals surface area contributed by atoms with Crippen LogP contribution in [0.4, 0.5) is 5.69 Å². The van der Waals surface area contributed by atoms with Crippen LogP contribution in [-0.4, -0.2) is 12.8 Å². The fraction of sp³-hybridized carbons (Fsp3) is 0.267. The number of anilines is 1. The van der Waals surface area contributed by atoms with Gasteiger partial charge in [0.05, 0.1) is 0 Å². The van der Waals surface area contributed by atoms with E-state index < -0.39 is 0 Å². The number of nitrogens with zero attached hydrogens (tertiary/aromatic N) is 1. The van der Waals surface area contributed by atoms with E-state index in [0.29, 0.717) is 6.42 Å². The predicted molar refractivity (Wildman–Crippen MR) is 77.5 cm³/mol. The van der Waals surface area contributed by atoms with E-state index in [4.69, 9.17) is 0 Å². The number of Topliss-reactive ketones (excluding diaryl/α,β-unsaturated/α-hetero) is 1. The molecule has 0 amide bonds. The Morgan fingerprint density at radius 3 is 2.50 bits per heavy atom. The molecule has 0 aliphatic rings. The van der Waals surface area contributed by atoms with Crippen molar-refractivity contribution in [1.82, 2.24) is 0 Å². The first-order valence-electron chi connectivity index (χ1n) is 6.06. The highest BCUT2D eigenvalue weighted by molar-refractivity contribution is 7.07. The first-order valence-corrected chi connectivity index (χ1v) is 7.00. The number of carbonyl (C=O) groups is 1. The van der Waals surface area contributed by atoms with Crippen molar-refractivity contribution in [3.8, 4) is 0 Å². The predicted octanol–water partition coefficient (Wildman–Crippen LogP) is 3.98. The summed E-state index contributed by atoms with van der Waals surface area (Å²) >= 11 is 1.71. The van der Waals surface area contributed by atoms with E-state index in [1.54, 1.807) is 11.3 Å². The molecule has 0 atom stereocenters. The highest BCUT2D eigenvalue weighted by Gasteiger charge is 2.05. The maximum absolute atomic E-state index is 11.5. The van der Waals surface area contributed by atoms with Crippen LogP contribution < -0.4 is 4.90 Å². The molecule has 18 heavy (non-hydrogen) atoms. The molecule has 0 saturated heterocycles. The molecule has 1 aromatic heterocycles. The van der Waals surface area contributed by atoms with Crippen LogP contribution in [0.15, 0.2) is 41.1 Å². The average molecular weight is 259 g/mol. The van der Waals surface area contributed by atoms with E-state index in [-0.39, 0.29) is 5.78 Å². The molecule has 2 aromatic rings. The third-order valence-corrected chi connectivity index (χ3v) is 3.68. The van der Waals surface area contributed by atoms with E-state index in [9.17, 15) is 4.79 Å². The van der Waals surface area contributed by atoms with Crippen LogP contribution in [0.1, 0.15) is 29.3 Å². The van der Waals surface area contributed by atoms with Crippen molar-refractivity contribution in [3.05, 3.63) is 52.2 Å². The van der Waals surface area contributed by atoms with Crippen molar-refractivity contribution >= 4 is 22.8 Å². The Morgan fingerprint density at radius 2 is 1.94 bits per heavy atom. The maximum atomic E-state index is 11.5. The van der Waals surface area contributed by atoms with Gasteiger partial charge in [0.15, 0.2) is 5.78 Å². The molecule has 0 bridgehead atoms. The SMILES string of the molecule is CCC(=O)c1ccc(N(C)Cc2ccsc2)cc1. The summed E-state index contributed by atoms with van der Waals surface area (Å²) in [6, 6.07) is 9.97. The summed E-state index contributed by atoms with van der Waals surface area (Å²) in [5, 5.41) is 4.25. The maximum Gasteiger partial charge on any atom is 0.162 e. The minimum atomic E-state index is 0.196. The van der Waals surface area contributed by atoms with Crippen molar-refractivity contribution in [2.75, 3.05) is 11.9 Å². The Balaban J connectivity index is 2.07. The van der Waals surface area contributed by atoms with Crippen LogP contribution in [0.3, 0.4) is 0 Å². The van der Waals surface area contributed by atoms with E-state index >= 15 is 0 Å². The largest absolute Gasteiger partial charge is 0.370 e. The number of ketones is 1. The number of hydrogen-bond acceptors (Lipinski definition) is 3. The highest BCUT2D eigenvalue weighted by atomic mass is 32.1. The normalized spacial score (nSPS) is 10.3. The van der Waals surface area contributed by atoms with Gasteiger partial charge in [-0.25, -0.2) is 0 Å². The Morgan fingerprint density at radius 1 is 1.22 bits per heavy atom. The number of hydrogen-bond donors (Lipinski definition) is 0. The molecule has 1 aromatic carbocycles. The van der Waals surface area contributed by atoms with E-state index in [1.807, 2.05) is 31.2 Å². The first kappa shape index (κ1) is 12.8. The second kappa shape index (κ2) is 5.83. The molecular formula is C15H17NOS. The van der Waals surface area contributed by atoms with Gasteiger partial charge in [0.25, 0.3) is 0 Å². The molecule has 0 saturated carbocycles. The van der Waals surface area contributed by atoms with Crippen molar-refractivity contribution in [2.45, 2.75) is 19.9 Å². The molecule has 0 radical (unpaired) electrons. The quantitative estimate of drug-likeness (QED) is 0.757. The minimum Gasteiger partial charge on any atom is -0.370 e. The highest BCUT2D eigenvalue weighted by Crippen LogP contribution is 2.18. The van der Waals surface area contributed by atoms with Gasteiger partial charge in [-0.3, -0.25) is 4.79 Å². The fourth-order valence-corrected chi connectivity index (χ4v) is 2.51. The zero-order valence-electron chi connectivity index (χ0n) is 10.7. The lowest BCUT2D eigenvalue weighted by Gasteiger charge is -2.18. The number of thiophene rings is 1. The standard InChI is InChI=1S/C15H17NOS/c1-3-15(17)13-4-6-14(7-5-13)16(2)10-12-8-9-18-11-12/h4-9,11H,3,10H2,1-2H3. The van der Waals surface area contributed by atoms with Gasteiger partial charge >= 0.3 is 0 Å². The van der Waals surface area contributed by atoms with Crippen LogP contribution in [0, 0.1) is 0 Å². The summed E-state index contributed by atoms with van der Waals surface area (Å²) < 4.78 is 0. The molecule has 2 rings (SSSR count). The molecule has 0 aliphatic carbocycles. The van der Waals surface area contributed by atoms with Crippen LogP contribution in [0.25, 0.3) is 0 Å². The van der Waals surface area contributed by atoms with Crippen molar-refractivity contribution < 1.29 is 4.79 Å². The fourth-order valence-electron chi connectivity index (χ4n) is 1.85. The van der Waals surface area contributed by atoms with Crippen molar-refractivity contribution in [3.63, 3.8) is 0 Å². The lowest BCUT2D eigenvalue weighted by molar-refractivity contribution is 0.0988. The second-order valence-corrected chi connectivity index (χ2v) is 5.09. The number of benzene rings is 1. The molecule has 2 nitrogen and oxygen atoms in total. The Kier molecular flexibility index (Phi) is 4.15. The molecule has 0 fully saturated rings. The Hall–Kier alpha value is -1.61. The van der Waals surface area contributed by atoms with Gasteiger partial charge in [-0.1, -0.05) is 6.92 Å². The molecule has 0 unspecified atom stereocenters. The van der Waals surface area contributed by atoms with Crippen LogP contribution >= 0.6 is 11.3 Å². The summed E-state index contributed by atoms with van der Waals surface area (Å²) in [7, 11) is 2.06. The Bertz CT molecular complexity index is 502. The van der Waals surface area contributed by atoms with Gasteiger partial charge < -0.3 is 4.90 Å². The first-order chi connectivity index (χ1) is 8.70. The third kappa shape index (κ3) is 2.99. The van der Waals surface area contributed by atoms with Crippen molar-refractivity contribution in [2.24, 2.45) is 0 Å². The number of rotatable bonds is 5. The Labute approximate surface area is 112 Å². The molecule has 0 aliphatic heterocycles. The monoisotopic (exact) mass is 259 g/mol. The van der Waals surface area contributed by atoms with Gasteiger partial charge in [-0.2, -0.15) is 11.3 Å². The molecule has 3 heteroatoms. The zero-order valence-corrected chi connectivity index (χ0v) is 11.5. The average Bonchev–Trinajstić information content (AvgIpc) is 2.91. The lowest BCUT2D eigenvalue weighted by atomic mass is 10.1. The smallest absolute Gasteiger partial charge is 0.162 e. The van der Waals surface area contributed by atoms with Gasteiger partial charge in [-0.05, 0) is 46.7 Å². The van der Waals surface area contributed by atoms with Gasteiger partial charge in [0.2, 0.25) is 0 Å². The summed E-state index contributed by atoms with van der Waals surface area (Å²) in [5.74, 6) is 0.196. The van der Waals surface area contributed by atoms with Gasteiger partial charge in [-0.15, -0.1) is 0 Å². The van der Waals surface area contributed by atoms with Crippen molar-refractivity contribution in [1.29, 1.82) is 0 Å². The van der Waals surface area contributed by atoms with Gasteiger partial charge in [0, 0.05) is 31.3 Å².